The van der Waals surface area contributed by atoms with E-state index in [1.807, 2.05) is 43.9 Å². The molecule has 2 rings (SSSR count). The van der Waals surface area contributed by atoms with Crippen molar-refractivity contribution < 1.29 is 0 Å². The van der Waals surface area contributed by atoms with Crippen molar-refractivity contribution in [2.24, 2.45) is 0 Å². The monoisotopic (exact) mass is 231 g/mol. The largest absolute Gasteiger partial charge is 0.331 e. The van der Waals surface area contributed by atoms with E-state index in [1.165, 1.54) is 0 Å². The molecule has 0 aliphatic heterocycles. The van der Waals surface area contributed by atoms with Gasteiger partial charge in [0, 0.05) is 31.0 Å². The molecule has 0 saturated carbocycles. The summed E-state index contributed by atoms with van der Waals surface area (Å²) in [6, 6.07) is 5.33. The third-order valence-electron chi connectivity index (χ3n) is 2.75. The van der Waals surface area contributed by atoms with Crippen LogP contribution in [0.2, 0.25) is 0 Å². The molecule has 0 atom stereocenters. The van der Waals surface area contributed by atoms with E-state index in [0.29, 0.717) is 5.39 Å². The van der Waals surface area contributed by atoms with E-state index in [4.69, 9.17) is 0 Å². The minimum absolute atomic E-state index is 0.0357. The summed E-state index contributed by atoms with van der Waals surface area (Å²) in [7, 11) is 4.06. The number of likely N-dealkylation sites (N-methyl/N-ethyl adjacent to an activating group) is 1. The van der Waals surface area contributed by atoms with Gasteiger partial charge in [-0.1, -0.05) is 0 Å². The summed E-state index contributed by atoms with van der Waals surface area (Å²) in [6.07, 6.45) is 1.82. The summed E-state index contributed by atoms with van der Waals surface area (Å²) in [6.45, 7) is 3.70. The zero-order valence-electron chi connectivity index (χ0n) is 10.5. The third kappa shape index (κ3) is 2.53. The second-order valence-electron chi connectivity index (χ2n) is 4.50. The van der Waals surface area contributed by atoms with E-state index >= 15 is 0 Å². The highest BCUT2D eigenvalue weighted by molar-refractivity contribution is 5.74. The van der Waals surface area contributed by atoms with Crippen molar-refractivity contribution in [2.45, 2.75) is 13.5 Å². The third-order valence-corrected chi connectivity index (χ3v) is 2.75. The van der Waals surface area contributed by atoms with Crippen LogP contribution in [-0.2, 0) is 6.54 Å². The molecule has 0 N–H and O–H groups in total. The van der Waals surface area contributed by atoms with Gasteiger partial charge in [0.1, 0.15) is 5.65 Å². The van der Waals surface area contributed by atoms with E-state index in [1.54, 1.807) is 6.07 Å². The van der Waals surface area contributed by atoms with Crippen molar-refractivity contribution in [1.82, 2.24) is 14.5 Å². The molecule has 0 aromatic carbocycles. The standard InChI is InChI=1S/C13H17N3O/c1-10-4-5-11-12(17)6-7-16(13(11)14-10)9-8-15(2)3/h4-7H,8-9H2,1-3H3. The smallest absolute Gasteiger partial charge is 0.191 e. The number of nitrogens with zero attached hydrogens (tertiary/aromatic N) is 3. The van der Waals surface area contributed by atoms with E-state index in [0.717, 1.165) is 24.4 Å². The van der Waals surface area contributed by atoms with Gasteiger partial charge in [0.05, 0.1) is 5.39 Å². The molecule has 0 aliphatic rings. The quantitative estimate of drug-likeness (QED) is 0.798. The topological polar surface area (TPSA) is 38.1 Å². The molecule has 2 heterocycles. The Bertz CT molecular complexity index is 587. The first-order valence-electron chi connectivity index (χ1n) is 5.69. The van der Waals surface area contributed by atoms with Crippen molar-refractivity contribution in [3.05, 3.63) is 40.3 Å². The van der Waals surface area contributed by atoms with E-state index < -0.39 is 0 Å². The second-order valence-corrected chi connectivity index (χ2v) is 4.50. The van der Waals surface area contributed by atoms with Gasteiger partial charge in [0.25, 0.3) is 0 Å². The van der Waals surface area contributed by atoms with Crippen molar-refractivity contribution in [2.75, 3.05) is 20.6 Å². The number of hydrogen-bond donors (Lipinski definition) is 0. The summed E-state index contributed by atoms with van der Waals surface area (Å²) in [5.41, 5.74) is 1.75. The lowest BCUT2D eigenvalue weighted by molar-refractivity contribution is 0.386. The van der Waals surface area contributed by atoms with Crippen LogP contribution in [0.5, 0.6) is 0 Å². The summed E-state index contributed by atoms with van der Waals surface area (Å²) in [4.78, 5) is 18.3. The number of fused-ring (bicyclic) bond motifs is 1. The zero-order chi connectivity index (χ0) is 12.4. The highest BCUT2D eigenvalue weighted by atomic mass is 16.1. The minimum Gasteiger partial charge on any atom is -0.331 e. The fraction of sp³-hybridized carbons (Fsp3) is 0.385. The lowest BCUT2D eigenvalue weighted by Gasteiger charge is -2.13. The molecule has 0 unspecified atom stereocenters. The molecule has 0 amide bonds. The highest BCUT2D eigenvalue weighted by Crippen LogP contribution is 2.08. The number of aromatic nitrogens is 2. The molecule has 0 fully saturated rings. The van der Waals surface area contributed by atoms with E-state index in [9.17, 15) is 4.79 Å². The fourth-order valence-electron chi connectivity index (χ4n) is 1.76. The Kier molecular flexibility index (Phi) is 3.24. The molecular formula is C13H17N3O. The summed E-state index contributed by atoms with van der Waals surface area (Å²) in [5.74, 6) is 0. The minimum atomic E-state index is 0.0357. The Morgan fingerprint density at radius 1 is 1.29 bits per heavy atom. The van der Waals surface area contributed by atoms with Gasteiger partial charge in [-0.25, -0.2) is 4.98 Å². The molecule has 0 aliphatic carbocycles. The van der Waals surface area contributed by atoms with Crippen LogP contribution in [0.1, 0.15) is 5.69 Å². The van der Waals surface area contributed by atoms with Gasteiger partial charge in [-0.3, -0.25) is 4.79 Å². The number of rotatable bonds is 3. The van der Waals surface area contributed by atoms with Crippen molar-refractivity contribution >= 4 is 11.0 Å². The Morgan fingerprint density at radius 3 is 2.76 bits per heavy atom. The van der Waals surface area contributed by atoms with Gasteiger partial charge in [-0.15, -0.1) is 0 Å². The Labute approximate surface area is 101 Å². The molecule has 0 spiro atoms. The molecule has 4 heteroatoms. The maximum Gasteiger partial charge on any atom is 0.191 e. The number of aryl methyl sites for hydroxylation is 1. The first kappa shape index (κ1) is 11.8. The van der Waals surface area contributed by atoms with Crippen LogP contribution in [0, 0.1) is 6.92 Å². The predicted octanol–water partition coefficient (Wildman–Crippen LogP) is 1.27. The van der Waals surface area contributed by atoms with Gasteiger partial charge in [0.15, 0.2) is 5.43 Å². The molecule has 4 nitrogen and oxygen atoms in total. The molecule has 0 bridgehead atoms. The van der Waals surface area contributed by atoms with Crippen LogP contribution >= 0.6 is 0 Å². The maximum atomic E-state index is 11.7. The fourth-order valence-corrected chi connectivity index (χ4v) is 1.76. The second kappa shape index (κ2) is 4.67. The van der Waals surface area contributed by atoms with Crippen LogP contribution in [-0.4, -0.2) is 35.1 Å². The molecule has 2 aromatic heterocycles. The lowest BCUT2D eigenvalue weighted by Crippen LogP contribution is -2.20. The molecule has 17 heavy (non-hydrogen) atoms. The zero-order valence-corrected chi connectivity index (χ0v) is 10.5. The predicted molar refractivity (Wildman–Crippen MR) is 69.3 cm³/mol. The van der Waals surface area contributed by atoms with Gasteiger partial charge in [-0.2, -0.15) is 0 Å². The SMILES string of the molecule is Cc1ccc2c(=O)ccn(CCN(C)C)c2n1. The van der Waals surface area contributed by atoms with Crippen LogP contribution in [0.15, 0.2) is 29.2 Å². The van der Waals surface area contributed by atoms with E-state index in [2.05, 4.69) is 9.88 Å². The Balaban J connectivity index is 2.52. The molecule has 2 aromatic rings. The van der Waals surface area contributed by atoms with Gasteiger partial charge in [-0.05, 0) is 33.2 Å². The van der Waals surface area contributed by atoms with Gasteiger partial charge < -0.3 is 9.47 Å². The first-order chi connectivity index (χ1) is 8.08. The van der Waals surface area contributed by atoms with Crippen LogP contribution in [0.4, 0.5) is 0 Å². The van der Waals surface area contributed by atoms with Gasteiger partial charge in [0.2, 0.25) is 0 Å². The average molecular weight is 231 g/mol. The summed E-state index contributed by atoms with van der Waals surface area (Å²) < 4.78 is 2.03. The van der Waals surface area contributed by atoms with Crippen molar-refractivity contribution in [3.8, 4) is 0 Å². The van der Waals surface area contributed by atoms with Crippen molar-refractivity contribution in [1.29, 1.82) is 0 Å². The van der Waals surface area contributed by atoms with Gasteiger partial charge >= 0.3 is 0 Å². The van der Waals surface area contributed by atoms with Crippen LogP contribution in [0.25, 0.3) is 11.0 Å². The highest BCUT2D eigenvalue weighted by Gasteiger charge is 2.04. The number of pyridine rings is 2. The Morgan fingerprint density at radius 2 is 2.06 bits per heavy atom. The number of hydrogen-bond acceptors (Lipinski definition) is 3. The van der Waals surface area contributed by atoms with E-state index in [-0.39, 0.29) is 5.43 Å². The molecule has 0 saturated heterocycles. The maximum absolute atomic E-state index is 11.7. The molecular weight excluding hydrogens is 214 g/mol. The normalized spacial score (nSPS) is 11.3. The summed E-state index contributed by atoms with van der Waals surface area (Å²) in [5, 5.41) is 0.692. The van der Waals surface area contributed by atoms with Crippen LogP contribution < -0.4 is 5.43 Å². The summed E-state index contributed by atoms with van der Waals surface area (Å²) >= 11 is 0. The van der Waals surface area contributed by atoms with Crippen LogP contribution in [0.3, 0.4) is 0 Å². The first-order valence-corrected chi connectivity index (χ1v) is 5.69. The molecule has 90 valence electrons. The molecule has 0 radical (unpaired) electrons. The van der Waals surface area contributed by atoms with Crippen molar-refractivity contribution in [3.63, 3.8) is 0 Å². The lowest BCUT2D eigenvalue weighted by atomic mass is 10.2. The Hall–Kier alpha value is -1.68. The average Bonchev–Trinajstić information content (AvgIpc) is 2.28.